The lowest BCUT2D eigenvalue weighted by atomic mass is 9.97. The summed E-state index contributed by atoms with van der Waals surface area (Å²) in [5, 5.41) is 0. The Labute approximate surface area is 156 Å². The highest BCUT2D eigenvalue weighted by atomic mass is 35.5. The number of amides is 1. The molecule has 1 aliphatic rings. The number of sulfonamides is 1. The molecule has 6 nitrogen and oxygen atoms in total. The number of carbonyl (C=O) groups excluding carboxylic acids is 1. The van der Waals surface area contributed by atoms with Gasteiger partial charge in [0.1, 0.15) is 0 Å². The first-order valence-corrected chi connectivity index (χ1v) is 9.75. The quantitative estimate of drug-likeness (QED) is 0.829. The Bertz CT molecular complexity index is 679. The molecule has 1 fully saturated rings. The minimum atomic E-state index is -3.56. The number of piperidine rings is 1. The van der Waals surface area contributed by atoms with Crippen LogP contribution in [0.3, 0.4) is 0 Å². The van der Waals surface area contributed by atoms with Gasteiger partial charge >= 0.3 is 0 Å². The molecule has 25 heavy (non-hydrogen) atoms. The number of hydrogen-bond donors (Lipinski definition) is 1. The lowest BCUT2D eigenvalue weighted by molar-refractivity contribution is -0.137. The molecule has 1 amide bonds. The summed E-state index contributed by atoms with van der Waals surface area (Å²) >= 11 is 0. The van der Waals surface area contributed by atoms with E-state index in [1.165, 1.54) is 4.31 Å². The van der Waals surface area contributed by atoms with Crippen molar-refractivity contribution in [1.29, 1.82) is 0 Å². The van der Waals surface area contributed by atoms with Crippen LogP contribution in [0.25, 0.3) is 0 Å². The van der Waals surface area contributed by atoms with Gasteiger partial charge in [0.05, 0.1) is 10.8 Å². The Kier molecular flexibility index (Phi) is 7.87. The molecule has 0 radical (unpaired) electrons. The number of likely N-dealkylation sites (N-methyl/N-ethyl adjacent to an activating group) is 1. The number of rotatable bonds is 5. The van der Waals surface area contributed by atoms with E-state index in [9.17, 15) is 13.2 Å². The van der Waals surface area contributed by atoms with Gasteiger partial charge in [-0.05, 0) is 38.8 Å². The van der Waals surface area contributed by atoms with E-state index in [1.54, 1.807) is 36.2 Å². The van der Waals surface area contributed by atoms with E-state index in [4.69, 9.17) is 5.73 Å². The zero-order chi connectivity index (χ0) is 17.9. The van der Waals surface area contributed by atoms with Crippen LogP contribution in [0.1, 0.15) is 25.3 Å². The number of aryl methyl sites for hydroxylation is 1. The molecule has 0 aromatic heterocycles. The van der Waals surface area contributed by atoms with E-state index in [-0.39, 0.29) is 41.7 Å². The van der Waals surface area contributed by atoms with E-state index in [2.05, 4.69) is 0 Å². The van der Waals surface area contributed by atoms with Crippen LogP contribution in [0.4, 0.5) is 0 Å². The summed E-state index contributed by atoms with van der Waals surface area (Å²) in [5.74, 6) is -0.338. The minimum absolute atomic E-state index is 0. The van der Waals surface area contributed by atoms with Crippen LogP contribution in [0.15, 0.2) is 29.2 Å². The third-order valence-electron chi connectivity index (χ3n) is 4.74. The predicted molar refractivity (Wildman–Crippen MR) is 101 cm³/mol. The fourth-order valence-electron chi connectivity index (χ4n) is 2.88. The second-order valence-electron chi connectivity index (χ2n) is 6.55. The summed E-state index contributed by atoms with van der Waals surface area (Å²) < 4.78 is 27.1. The first-order valence-electron chi connectivity index (χ1n) is 8.31. The summed E-state index contributed by atoms with van der Waals surface area (Å²) in [4.78, 5) is 14.5. The average molecular weight is 390 g/mol. The molecule has 1 aliphatic heterocycles. The Balaban J connectivity index is 0.00000312. The maximum atomic E-state index is 12.8. The molecule has 2 rings (SSSR count). The zero-order valence-electron chi connectivity index (χ0n) is 15.0. The van der Waals surface area contributed by atoms with Gasteiger partial charge < -0.3 is 10.6 Å². The molecule has 1 heterocycles. The van der Waals surface area contributed by atoms with Crippen LogP contribution in [-0.4, -0.2) is 56.3 Å². The second kappa shape index (κ2) is 8.98. The van der Waals surface area contributed by atoms with Crippen molar-refractivity contribution in [3.05, 3.63) is 29.8 Å². The Morgan fingerprint density at radius 1 is 1.36 bits per heavy atom. The summed E-state index contributed by atoms with van der Waals surface area (Å²) in [6.07, 6.45) is 1.40. The highest BCUT2D eigenvalue weighted by Gasteiger charge is 2.35. The molecule has 1 saturated heterocycles. The third kappa shape index (κ3) is 4.94. The van der Waals surface area contributed by atoms with Crippen molar-refractivity contribution in [2.45, 2.75) is 37.6 Å². The molecule has 0 spiro atoms. The van der Waals surface area contributed by atoms with Gasteiger partial charge in [-0.2, -0.15) is 4.31 Å². The first kappa shape index (κ1) is 21.9. The molecular weight excluding hydrogens is 362 g/mol. The smallest absolute Gasteiger partial charge is 0.243 e. The summed E-state index contributed by atoms with van der Waals surface area (Å²) in [6, 6.07) is 6.77. The van der Waals surface area contributed by atoms with Gasteiger partial charge in [0.25, 0.3) is 0 Å². The molecule has 2 atom stereocenters. The van der Waals surface area contributed by atoms with Crippen LogP contribution in [-0.2, 0) is 14.8 Å². The van der Waals surface area contributed by atoms with Crippen molar-refractivity contribution in [3.63, 3.8) is 0 Å². The van der Waals surface area contributed by atoms with Crippen LogP contribution in [0.2, 0.25) is 0 Å². The largest absolute Gasteiger partial charge is 0.342 e. The average Bonchev–Trinajstić information content (AvgIpc) is 2.60. The lowest BCUT2D eigenvalue weighted by Crippen LogP contribution is -2.49. The monoisotopic (exact) mass is 389 g/mol. The van der Waals surface area contributed by atoms with Gasteiger partial charge in [-0.3, -0.25) is 4.79 Å². The van der Waals surface area contributed by atoms with Crippen LogP contribution < -0.4 is 5.73 Å². The molecule has 8 heteroatoms. The number of nitrogens with two attached hydrogens (primary N) is 1. The Hall–Kier alpha value is -1.15. The van der Waals surface area contributed by atoms with Gasteiger partial charge in [-0.1, -0.05) is 17.7 Å². The number of halogens is 1. The predicted octanol–water partition coefficient (Wildman–Crippen LogP) is 1.62. The zero-order valence-corrected chi connectivity index (χ0v) is 16.6. The standard InChI is InChI=1S/C17H27N3O3S.ClH/c1-13-6-8-16(9-7-13)24(22,23)20-10-4-5-15(12-20)17(21)19(3)14(2)11-18;/h6-9,14-15H,4-5,10-12,18H2,1-3H3;1H. The molecule has 142 valence electrons. The van der Waals surface area contributed by atoms with Gasteiger partial charge in [0, 0.05) is 32.7 Å². The van der Waals surface area contributed by atoms with Gasteiger partial charge in [-0.15, -0.1) is 12.4 Å². The normalized spacial score (nSPS) is 19.8. The molecular formula is C17H28ClN3O3S. The van der Waals surface area contributed by atoms with E-state index < -0.39 is 10.0 Å². The fourth-order valence-corrected chi connectivity index (χ4v) is 4.41. The summed E-state index contributed by atoms with van der Waals surface area (Å²) in [6.45, 7) is 4.88. The summed E-state index contributed by atoms with van der Waals surface area (Å²) in [5.41, 5.74) is 6.64. The Morgan fingerprint density at radius 3 is 2.52 bits per heavy atom. The van der Waals surface area contributed by atoms with Gasteiger partial charge in [0.2, 0.25) is 15.9 Å². The van der Waals surface area contributed by atoms with Crippen LogP contribution in [0, 0.1) is 12.8 Å². The molecule has 1 aromatic rings. The second-order valence-corrected chi connectivity index (χ2v) is 8.49. The van der Waals surface area contributed by atoms with Crippen molar-refractivity contribution >= 4 is 28.3 Å². The Morgan fingerprint density at radius 2 is 1.96 bits per heavy atom. The topological polar surface area (TPSA) is 83.7 Å². The van der Waals surface area contributed by atoms with Crippen molar-refractivity contribution in [2.75, 3.05) is 26.7 Å². The minimum Gasteiger partial charge on any atom is -0.342 e. The number of nitrogens with zero attached hydrogens (tertiary/aromatic N) is 2. The van der Waals surface area contributed by atoms with Crippen LogP contribution >= 0.6 is 12.4 Å². The van der Waals surface area contributed by atoms with E-state index in [0.717, 1.165) is 5.56 Å². The van der Waals surface area contributed by atoms with Gasteiger partial charge in [-0.25, -0.2) is 8.42 Å². The van der Waals surface area contributed by atoms with Gasteiger partial charge in [0.15, 0.2) is 0 Å². The fraction of sp³-hybridized carbons (Fsp3) is 0.588. The van der Waals surface area contributed by atoms with E-state index >= 15 is 0 Å². The molecule has 2 unspecified atom stereocenters. The maximum Gasteiger partial charge on any atom is 0.243 e. The van der Waals surface area contributed by atoms with E-state index in [1.807, 2.05) is 13.8 Å². The van der Waals surface area contributed by atoms with Crippen molar-refractivity contribution in [1.82, 2.24) is 9.21 Å². The maximum absolute atomic E-state index is 12.8. The number of benzene rings is 1. The lowest BCUT2D eigenvalue weighted by Gasteiger charge is -2.34. The molecule has 0 aliphatic carbocycles. The van der Waals surface area contributed by atoms with Crippen LogP contribution in [0.5, 0.6) is 0 Å². The highest BCUT2D eigenvalue weighted by Crippen LogP contribution is 2.25. The third-order valence-corrected chi connectivity index (χ3v) is 6.62. The molecule has 0 saturated carbocycles. The van der Waals surface area contributed by atoms with Crippen molar-refractivity contribution < 1.29 is 13.2 Å². The molecule has 1 aromatic carbocycles. The SMILES string of the molecule is Cc1ccc(S(=O)(=O)N2CCCC(C(=O)N(C)C(C)CN)C2)cc1.Cl. The first-order chi connectivity index (χ1) is 11.3. The van der Waals surface area contributed by atoms with E-state index in [0.29, 0.717) is 25.9 Å². The van der Waals surface area contributed by atoms with Crippen molar-refractivity contribution in [3.8, 4) is 0 Å². The number of hydrogen-bond acceptors (Lipinski definition) is 4. The van der Waals surface area contributed by atoms with Crippen molar-refractivity contribution in [2.24, 2.45) is 11.7 Å². The molecule has 2 N–H and O–H groups in total. The molecule has 0 bridgehead atoms. The highest BCUT2D eigenvalue weighted by molar-refractivity contribution is 7.89. The summed E-state index contributed by atoms with van der Waals surface area (Å²) in [7, 11) is -1.83. The number of carbonyl (C=O) groups is 1.